The number of hydrogen-bond acceptors (Lipinski definition) is 4. The molecule has 1 aromatic carbocycles. The van der Waals surface area contributed by atoms with Gasteiger partial charge in [-0.2, -0.15) is 4.31 Å². The number of rotatable bonds is 6. The van der Waals surface area contributed by atoms with Crippen molar-refractivity contribution in [3.05, 3.63) is 53.3 Å². The Morgan fingerprint density at radius 3 is 2.58 bits per heavy atom. The summed E-state index contributed by atoms with van der Waals surface area (Å²) >= 11 is 0. The first kappa shape index (κ1) is 22.0. The molecule has 1 aliphatic heterocycles. The zero-order chi connectivity index (χ0) is 21.9. The lowest BCUT2D eigenvalue weighted by Crippen LogP contribution is -2.42. The second-order valence-corrected chi connectivity index (χ2v) is 10.5. The predicted octanol–water partition coefficient (Wildman–Crippen LogP) is 2.98. The van der Waals surface area contributed by atoms with Gasteiger partial charge in [0.05, 0.1) is 13.2 Å². The first-order chi connectivity index (χ1) is 14.9. The van der Waals surface area contributed by atoms with Gasteiger partial charge in [0.2, 0.25) is 10.0 Å². The number of nitrogens with one attached hydrogen (secondary N) is 2. The van der Waals surface area contributed by atoms with Crippen LogP contribution in [0.1, 0.15) is 53.7 Å². The Morgan fingerprint density at radius 1 is 1.16 bits per heavy atom. The molecular formula is C23H31N3O4S. The van der Waals surface area contributed by atoms with Gasteiger partial charge in [0, 0.05) is 31.2 Å². The van der Waals surface area contributed by atoms with Crippen LogP contribution in [0.2, 0.25) is 0 Å². The SMILES string of the molecule is Cc1ccccc1C1(CNC(=O)c2cc(S(=O)(=O)N3CCOCC3)c[nH]2)CCCCC1. The summed E-state index contributed by atoms with van der Waals surface area (Å²) in [6.07, 6.45) is 7.00. The van der Waals surface area contributed by atoms with E-state index in [0.717, 1.165) is 25.7 Å². The van der Waals surface area contributed by atoms with E-state index in [1.807, 2.05) is 6.07 Å². The molecule has 8 heteroatoms. The molecule has 0 radical (unpaired) electrons. The minimum Gasteiger partial charge on any atom is -0.379 e. The fourth-order valence-electron chi connectivity index (χ4n) is 4.87. The third-order valence-corrected chi connectivity index (χ3v) is 8.50. The monoisotopic (exact) mass is 445 g/mol. The summed E-state index contributed by atoms with van der Waals surface area (Å²) in [5.41, 5.74) is 2.74. The predicted molar refractivity (Wildman–Crippen MR) is 119 cm³/mol. The van der Waals surface area contributed by atoms with Crippen LogP contribution in [0.5, 0.6) is 0 Å². The maximum absolute atomic E-state index is 12.9. The first-order valence-electron chi connectivity index (χ1n) is 11.0. The first-order valence-corrected chi connectivity index (χ1v) is 12.5. The van der Waals surface area contributed by atoms with Gasteiger partial charge in [-0.25, -0.2) is 8.42 Å². The number of hydrogen-bond donors (Lipinski definition) is 2. The van der Waals surface area contributed by atoms with Crippen molar-refractivity contribution in [1.29, 1.82) is 0 Å². The van der Waals surface area contributed by atoms with Gasteiger partial charge in [0.15, 0.2) is 0 Å². The molecule has 0 bridgehead atoms. The van der Waals surface area contributed by atoms with E-state index in [1.54, 1.807) is 0 Å². The van der Waals surface area contributed by atoms with Gasteiger partial charge in [-0.1, -0.05) is 43.5 Å². The summed E-state index contributed by atoms with van der Waals surface area (Å²) in [5, 5.41) is 3.08. The summed E-state index contributed by atoms with van der Waals surface area (Å²) in [5.74, 6) is -0.276. The molecule has 31 heavy (non-hydrogen) atoms. The molecule has 0 unspecified atom stereocenters. The average molecular weight is 446 g/mol. The van der Waals surface area contributed by atoms with Gasteiger partial charge in [-0.3, -0.25) is 4.79 Å². The summed E-state index contributed by atoms with van der Waals surface area (Å²) in [4.78, 5) is 15.9. The quantitative estimate of drug-likeness (QED) is 0.715. The van der Waals surface area contributed by atoms with E-state index in [-0.39, 0.29) is 21.9 Å². The van der Waals surface area contributed by atoms with Crippen LogP contribution in [0.25, 0.3) is 0 Å². The molecule has 7 nitrogen and oxygen atoms in total. The number of aromatic nitrogens is 1. The molecule has 2 N–H and O–H groups in total. The van der Waals surface area contributed by atoms with Gasteiger partial charge < -0.3 is 15.0 Å². The number of sulfonamides is 1. The maximum atomic E-state index is 12.9. The molecule has 2 heterocycles. The van der Waals surface area contributed by atoms with E-state index in [9.17, 15) is 13.2 Å². The number of benzene rings is 1. The lowest BCUT2D eigenvalue weighted by Gasteiger charge is -2.39. The molecule has 1 aliphatic carbocycles. The molecule has 2 aromatic rings. The highest BCUT2D eigenvalue weighted by Crippen LogP contribution is 2.40. The van der Waals surface area contributed by atoms with Crippen LogP contribution < -0.4 is 5.32 Å². The highest BCUT2D eigenvalue weighted by atomic mass is 32.2. The molecule has 1 saturated carbocycles. The highest BCUT2D eigenvalue weighted by Gasteiger charge is 2.35. The third kappa shape index (κ3) is 4.56. The molecule has 2 fully saturated rings. The number of morpholine rings is 1. The zero-order valence-corrected chi connectivity index (χ0v) is 18.8. The minimum absolute atomic E-state index is 0.0748. The Hall–Kier alpha value is -2.16. The van der Waals surface area contributed by atoms with Crippen molar-refractivity contribution in [3.8, 4) is 0 Å². The lowest BCUT2D eigenvalue weighted by atomic mass is 9.68. The largest absolute Gasteiger partial charge is 0.379 e. The summed E-state index contributed by atoms with van der Waals surface area (Å²) in [7, 11) is -3.63. The van der Waals surface area contributed by atoms with Crippen LogP contribution in [-0.2, 0) is 20.2 Å². The molecule has 0 spiro atoms. The van der Waals surface area contributed by atoms with Gasteiger partial charge >= 0.3 is 0 Å². The lowest BCUT2D eigenvalue weighted by molar-refractivity contribution is 0.0730. The van der Waals surface area contributed by atoms with E-state index >= 15 is 0 Å². The van der Waals surface area contributed by atoms with Gasteiger partial charge in [-0.05, 0) is 37.0 Å². The number of amides is 1. The van der Waals surface area contributed by atoms with Crippen LogP contribution in [0.3, 0.4) is 0 Å². The summed E-state index contributed by atoms with van der Waals surface area (Å²) in [6.45, 7) is 4.10. The van der Waals surface area contributed by atoms with Crippen LogP contribution >= 0.6 is 0 Å². The second kappa shape index (κ2) is 9.14. The standard InChI is InChI=1S/C23H31N3O4S/c1-18-7-3-4-8-20(18)23(9-5-2-6-10-23)17-25-22(27)21-15-19(16-24-21)31(28,29)26-11-13-30-14-12-26/h3-4,7-8,15-16,24H,2,5-6,9-14,17H2,1H3,(H,25,27). The van der Waals surface area contributed by atoms with Crippen molar-refractivity contribution in [2.24, 2.45) is 0 Å². The molecular weight excluding hydrogens is 414 g/mol. The fourth-order valence-corrected chi connectivity index (χ4v) is 6.28. The van der Waals surface area contributed by atoms with E-state index in [2.05, 4.69) is 35.4 Å². The topological polar surface area (TPSA) is 91.5 Å². The highest BCUT2D eigenvalue weighted by molar-refractivity contribution is 7.89. The van der Waals surface area contributed by atoms with Crippen molar-refractivity contribution in [1.82, 2.24) is 14.6 Å². The number of aryl methyl sites for hydroxylation is 1. The molecule has 168 valence electrons. The third-order valence-electron chi connectivity index (χ3n) is 6.62. The van der Waals surface area contributed by atoms with Crippen molar-refractivity contribution in [2.75, 3.05) is 32.8 Å². The average Bonchev–Trinajstić information content (AvgIpc) is 3.30. The fraction of sp³-hybridized carbons (Fsp3) is 0.522. The molecule has 1 amide bonds. The smallest absolute Gasteiger partial charge is 0.267 e. The summed E-state index contributed by atoms with van der Waals surface area (Å²) in [6, 6.07) is 9.84. The Kier molecular flexibility index (Phi) is 6.50. The Bertz CT molecular complexity index is 1020. The van der Waals surface area contributed by atoms with E-state index in [0.29, 0.717) is 32.8 Å². The van der Waals surface area contributed by atoms with Crippen LogP contribution in [0, 0.1) is 6.92 Å². The molecule has 2 aliphatic rings. The number of H-pyrrole nitrogens is 1. The minimum atomic E-state index is -3.63. The summed E-state index contributed by atoms with van der Waals surface area (Å²) < 4.78 is 32.3. The number of ether oxygens (including phenoxy) is 1. The zero-order valence-electron chi connectivity index (χ0n) is 18.0. The molecule has 1 saturated heterocycles. The number of aromatic amines is 1. The second-order valence-electron chi connectivity index (χ2n) is 8.60. The molecule has 4 rings (SSSR count). The number of carbonyl (C=O) groups is 1. The number of carbonyl (C=O) groups excluding carboxylic acids is 1. The van der Waals surface area contributed by atoms with Crippen molar-refractivity contribution < 1.29 is 17.9 Å². The Labute approximate surface area is 184 Å². The Balaban J connectivity index is 1.49. The number of nitrogens with zero attached hydrogens (tertiary/aromatic N) is 1. The van der Waals surface area contributed by atoms with Crippen LogP contribution in [-0.4, -0.2) is 56.5 Å². The maximum Gasteiger partial charge on any atom is 0.267 e. The molecule has 0 atom stereocenters. The van der Waals surface area contributed by atoms with E-state index in [1.165, 1.54) is 34.1 Å². The Morgan fingerprint density at radius 2 is 1.87 bits per heavy atom. The van der Waals surface area contributed by atoms with E-state index in [4.69, 9.17) is 4.74 Å². The van der Waals surface area contributed by atoms with Gasteiger partial charge in [0.25, 0.3) is 5.91 Å². The van der Waals surface area contributed by atoms with Crippen molar-refractivity contribution in [2.45, 2.75) is 49.3 Å². The van der Waals surface area contributed by atoms with Gasteiger partial charge in [-0.15, -0.1) is 0 Å². The van der Waals surface area contributed by atoms with Crippen LogP contribution in [0.15, 0.2) is 41.4 Å². The van der Waals surface area contributed by atoms with E-state index < -0.39 is 10.0 Å². The normalized spacial score (nSPS) is 19.8. The van der Waals surface area contributed by atoms with Crippen molar-refractivity contribution >= 4 is 15.9 Å². The van der Waals surface area contributed by atoms with Gasteiger partial charge in [0.1, 0.15) is 10.6 Å². The molecule has 1 aromatic heterocycles. The van der Waals surface area contributed by atoms with Crippen LogP contribution in [0.4, 0.5) is 0 Å². The van der Waals surface area contributed by atoms with Crippen molar-refractivity contribution in [3.63, 3.8) is 0 Å².